The number of hydrogen-bond donors (Lipinski definition) is 4. The van der Waals surface area contributed by atoms with Crippen LogP contribution in [-0.4, -0.2) is 151 Å². The van der Waals surface area contributed by atoms with Gasteiger partial charge in [-0.3, -0.25) is 74.7 Å². The van der Waals surface area contributed by atoms with Crippen LogP contribution in [0.15, 0.2) is 120 Å². The van der Waals surface area contributed by atoms with Crippen LogP contribution >= 0.6 is 0 Å². The number of esters is 1. The molecule has 4 amide bonds. The molecule has 6 aromatic carbocycles. The monoisotopic (exact) mass is 1380 g/mol. The summed E-state index contributed by atoms with van der Waals surface area (Å²) in [6, 6.07) is 28.1. The Morgan fingerprint density at radius 1 is 0.525 bits per heavy atom. The van der Waals surface area contributed by atoms with Crippen molar-refractivity contribution >= 4 is 82.4 Å². The lowest BCUT2D eigenvalue weighted by Crippen LogP contribution is -2.42. The third-order valence-corrected chi connectivity index (χ3v) is 13.6. The number of nitro benzene ring substituents is 5. The number of nitrogens with zero attached hydrogens (tertiary/aromatic N) is 7. The van der Waals surface area contributed by atoms with Gasteiger partial charge in [-0.05, 0) is 112 Å². The number of amides is 4. The number of nitro groups is 5. The Kier molecular flexibility index (Phi) is 31.7. The van der Waals surface area contributed by atoms with Crippen molar-refractivity contribution < 1.29 is 101 Å². The van der Waals surface area contributed by atoms with Crippen molar-refractivity contribution in [1.29, 1.82) is 0 Å². The molecule has 1 fully saturated rings. The maximum Gasteiger partial charge on any atom is 0.410 e. The van der Waals surface area contributed by atoms with Gasteiger partial charge in [0, 0.05) is 67.9 Å². The molecule has 528 valence electrons. The lowest BCUT2D eigenvalue weighted by molar-refractivity contribution is -0.387. The number of aliphatic imine (C=N–C) groups is 1. The van der Waals surface area contributed by atoms with Crippen molar-refractivity contribution in [3.63, 3.8) is 0 Å². The number of piperidine rings is 1. The third kappa shape index (κ3) is 22.6. The summed E-state index contributed by atoms with van der Waals surface area (Å²) in [6.07, 6.45) is 0.403. The quantitative estimate of drug-likeness (QED) is 0.0116. The Labute approximate surface area is 562 Å². The summed E-state index contributed by atoms with van der Waals surface area (Å²) in [5, 5.41) is 63.8. The zero-order valence-corrected chi connectivity index (χ0v) is 54.8. The maximum atomic E-state index is 12.4. The van der Waals surface area contributed by atoms with Crippen LogP contribution in [0.25, 0.3) is 0 Å². The van der Waals surface area contributed by atoms with Gasteiger partial charge < -0.3 is 65.1 Å². The van der Waals surface area contributed by atoms with Gasteiger partial charge in [-0.25, -0.2) is 14.4 Å². The summed E-state index contributed by atoms with van der Waals surface area (Å²) in [7, 11) is 9.16. The second-order valence-corrected chi connectivity index (χ2v) is 21.0. The van der Waals surface area contributed by atoms with E-state index in [1.165, 1.54) is 134 Å². The fourth-order valence-corrected chi connectivity index (χ4v) is 9.41. The predicted molar refractivity (Wildman–Crippen MR) is 348 cm³/mol. The molecule has 1 saturated heterocycles. The number of nitrogens with two attached hydrogens (primary N) is 3. The Bertz CT molecular complexity index is 3880. The minimum atomic E-state index is -1.37. The average molecular weight is 1380 g/mol. The van der Waals surface area contributed by atoms with Gasteiger partial charge in [0.2, 0.25) is 0 Å². The topological polar surface area (TPSA) is 523 Å². The fourth-order valence-electron chi connectivity index (χ4n) is 9.41. The number of para-hydroxylation sites is 5. The number of carboxylic acids is 1. The summed E-state index contributed by atoms with van der Waals surface area (Å²) in [5.74, 6) is -4.63. The number of aldehydes is 1. The SMILES string of the molecule is CC(C)(C)OC(=O)N1CCC[C@@H](c2ccc(N=Cc3cccc(C(N)=O)c3[N+](=O)[O-])cc2)C1.COC(=O)c1cccc(C(OC)OC)c1[N+](=O)[O-].COC(OC)c1cccc(C(=O)O)c1[N+](=O)[O-].COC(OC)c1cccc(C(N)=O)c1[N+](=O)[O-].NC(=O)c1cccc(C=O)c1[N+](=O)[O-]. The van der Waals surface area contributed by atoms with Crippen molar-refractivity contribution in [3.05, 3.63) is 227 Å². The van der Waals surface area contributed by atoms with E-state index in [-0.39, 0.29) is 73.5 Å². The highest BCUT2D eigenvalue weighted by Gasteiger charge is 2.33. The fraction of sp³-hybridized carbons (Fsp3) is 0.302. The largest absolute Gasteiger partial charge is 0.477 e. The Morgan fingerprint density at radius 3 is 1.24 bits per heavy atom. The zero-order chi connectivity index (χ0) is 74.6. The molecular weight excluding hydrogens is 1310 g/mol. The van der Waals surface area contributed by atoms with Crippen molar-refractivity contribution in [2.75, 3.05) is 62.9 Å². The van der Waals surface area contributed by atoms with E-state index in [4.69, 9.17) is 55.5 Å². The third-order valence-electron chi connectivity index (χ3n) is 13.6. The van der Waals surface area contributed by atoms with Gasteiger partial charge in [-0.15, -0.1) is 0 Å². The standard InChI is InChI=1S/C24H28N4O5.C11H13NO6.C10H12N2O5.C10H11NO6.C8H6N2O4/c1-24(2,3)33-23(30)27-13-5-7-18(15-27)16-9-11-19(12-10-16)26-14-17-6-4-8-20(22(25)29)21(17)28(31)32;1-16-10(13)7-5-4-6-8(9(7)12(14)15)11(17-2)18-3;1-16-10(17-2)7-5-3-4-6(9(11)13)8(7)12(14)15;1-16-10(17-2)7-5-3-4-6(9(12)13)8(7)11(14)15;9-8(12)6-3-1-2-5(4-11)7(6)10(13)14/h4,6,8-12,14,18H,5,7,13,15H2,1-3H3,(H2,25,29);4-6,11H,1-3H3;3-5,10H,1-2H3,(H2,11,13);3-5,10H,1-2H3,(H,12,13);1-4H,(H2,9,12)/t18-;;;;/m1..../s1. The summed E-state index contributed by atoms with van der Waals surface area (Å²) in [5.41, 5.74) is 13.5. The number of carboxylic acid groups (broad SMARTS) is 1. The van der Waals surface area contributed by atoms with Gasteiger partial charge in [0.1, 0.15) is 33.4 Å². The molecule has 1 aliphatic heterocycles. The highest BCUT2D eigenvalue weighted by atomic mass is 16.7. The lowest BCUT2D eigenvalue weighted by Gasteiger charge is -2.34. The second-order valence-electron chi connectivity index (χ2n) is 21.0. The molecule has 0 radical (unpaired) electrons. The van der Waals surface area contributed by atoms with Gasteiger partial charge in [-0.2, -0.15) is 0 Å². The van der Waals surface area contributed by atoms with E-state index in [9.17, 15) is 84.1 Å². The van der Waals surface area contributed by atoms with E-state index in [2.05, 4.69) is 9.73 Å². The number of ether oxygens (including phenoxy) is 8. The van der Waals surface area contributed by atoms with Crippen LogP contribution in [0.2, 0.25) is 0 Å². The molecule has 0 bridgehead atoms. The molecule has 36 heteroatoms. The predicted octanol–water partition coefficient (Wildman–Crippen LogP) is 9.31. The van der Waals surface area contributed by atoms with Gasteiger partial charge in [0.25, 0.3) is 46.2 Å². The Morgan fingerprint density at radius 2 is 0.879 bits per heavy atom. The molecule has 0 saturated carbocycles. The van der Waals surface area contributed by atoms with E-state index in [1.54, 1.807) is 4.90 Å². The summed E-state index contributed by atoms with van der Waals surface area (Å²) < 4.78 is 39.6. The Hall–Kier alpha value is -12.0. The number of benzene rings is 6. The van der Waals surface area contributed by atoms with Gasteiger partial charge in [0.15, 0.2) is 25.2 Å². The van der Waals surface area contributed by atoms with Crippen LogP contribution in [0.3, 0.4) is 0 Å². The molecule has 1 atom stereocenters. The van der Waals surface area contributed by atoms with Gasteiger partial charge in [-0.1, -0.05) is 42.5 Å². The number of methoxy groups -OCH3 is 7. The molecular formula is C63H70N10O26. The smallest absolute Gasteiger partial charge is 0.410 e. The first-order valence-corrected chi connectivity index (χ1v) is 28.6. The number of primary amides is 3. The van der Waals surface area contributed by atoms with Crippen molar-refractivity contribution in [2.24, 2.45) is 22.2 Å². The van der Waals surface area contributed by atoms with Crippen LogP contribution in [-0.2, 0) is 37.9 Å². The maximum absolute atomic E-state index is 12.4. The molecule has 0 spiro atoms. The molecule has 7 rings (SSSR count). The molecule has 6 aromatic rings. The zero-order valence-electron chi connectivity index (χ0n) is 54.8. The number of carbonyl (C=O) groups excluding carboxylic acids is 6. The van der Waals surface area contributed by atoms with Crippen molar-refractivity contribution in [3.8, 4) is 0 Å². The van der Waals surface area contributed by atoms with Crippen molar-refractivity contribution in [1.82, 2.24) is 4.90 Å². The summed E-state index contributed by atoms with van der Waals surface area (Å²) >= 11 is 0. The molecule has 1 heterocycles. The molecule has 36 nitrogen and oxygen atoms in total. The average Bonchev–Trinajstić information content (AvgIpc) is 0.837. The molecule has 0 unspecified atom stereocenters. The Balaban J connectivity index is 0.000000336. The van der Waals surface area contributed by atoms with Gasteiger partial charge >= 0.3 is 18.0 Å². The first-order valence-electron chi connectivity index (χ1n) is 28.6. The van der Waals surface area contributed by atoms with Crippen molar-refractivity contribution in [2.45, 2.75) is 64.0 Å². The minimum Gasteiger partial charge on any atom is -0.477 e. The highest BCUT2D eigenvalue weighted by molar-refractivity contribution is 6.02. The van der Waals surface area contributed by atoms with E-state index in [0.717, 1.165) is 31.6 Å². The van der Waals surface area contributed by atoms with E-state index in [0.29, 0.717) is 25.1 Å². The minimum absolute atomic E-state index is 0.0694. The van der Waals surface area contributed by atoms with E-state index >= 15 is 0 Å². The van der Waals surface area contributed by atoms with Crippen LogP contribution in [0.1, 0.15) is 148 Å². The number of hydrogen-bond acceptors (Lipinski definition) is 26. The number of rotatable bonds is 23. The first-order chi connectivity index (χ1) is 46.7. The summed E-state index contributed by atoms with van der Waals surface area (Å²) in [4.78, 5) is 136. The van der Waals surface area contributed by atoms with Crippen LogP contribution in [0, 0.1) is 50.6 Å². The first kappa shape index (κ1) is 81.3. The lowest BCUT2D eigenvalue weighted by atomic mass is 9.91. The van der Waals surface area contributed by atoms with E-state index < -0.39 is 101 Å². The molecule has 1 aliphatic rings. The normalized spacial score (nSPS) is 12.4. The summed E-state index contributed by atoms with van der Waals surface area (Å²) in [6.45, 7) is 6.82. The molecule has 7 N–H and O–H groups in total. The second kappa shape index (κ2) is 38.6. The molecule has 0 aromatic heterocycles. The molecule has 0 aliphatic carbocycles. The van der Waals surface area contributed by atoms with Gasteiger partial charge in [0.05, 0.1) is 65.2 Å². The number of aromatic carboxylic acids is 1. The van der Waals surface area contributed by atoms with Crippen LogP contribution < -0.4 is 17.2 Å². The van der Waals surface area contributed by atoms with E-state index in [1.807, 2.05) is 45.0 Å². The number of carbonyl (C=O) groups is 7. The number of likely N-dealkylation sites (tertiary alicyclic amines) is 1. The molecule has 99 heavy (non-hydrogen) atoms. The van der Waals surface area contributed by atoms with Crippen LogP contribution in [0.5, 0.6) is 0 Å². The van der Waals surface area contributed by atoms with Crippen LogP contribution in [0.4, 0.5) is 38.9 Å². The highest BCUT2D eigenvalue weighted by Crippen LogP contribution is 2.35.